The van der Waals surface area contributed by atoms with E-state index in [2.05, 4.69) is 17.0 Å². The number of rotatable bonds is 7. The van der Waals surface area contributed by atoms with Crippen molar-refractivity contribution >= 4 is 16.0 Å². The predicted octanol–water partition coefficient (Wildman–Crippen LogP) is 3.35. The Hall–Kier alpha value is -1.11. The van der Waals surface area contributed by atoms with Gasteiger partial charge in [-0.05, 0) is 30.9 Å². The minimum absolute atomic E-state index is 0.391. The number of para-hydroxylation sites is 1. The lowest BCUT2D eigenvalue weighted by molar-refractivity contribution is 0.305. The van der Waals surface area contributed by atoms with E-state index in [1.807, 2.05) is 12.1 Å². The van der Waals surface area contributed by atoms with Gasteiger partial charge < -0.3 is 5.32 Å². The molecule has 1 atom stereocenters. The van der Waals surface area contributed by atoms with E-state index in [1.165, 1.54) is 32.1 Å². The number of hydrogen-bond acceptors (Lipinski definition) is 3. The molecule has 0 spiro atoms. The minimum Gasteiger partial charge on any atom is -0.310 e. The Morgan fingerprint density at radius 3 is 2.59 bits per heavy atom. The number of benzene rings is 1. The molecule has 124 valence electrons. The van der Waals surface area contributed by atoms with Crippen molar-refractivity contribution in [3.05, 3.63) is 29.8 Å². The van der Waals surface area contributed by atoms with Crippen LogP contribution in [0.2, 0.25) is 0 Å². The van der Waals surface area contributed by atoms with E-state index in [4.69, 9.17) is 4.55 Å². The lowest BCUT2D eigenvalue weighted by Gasteiger charge is -2.25. The maximum absolute atomic E-state index is 11.0. The highest BCUT2D eigenvalue weighted by Crippen LogP contribution is 2.27. The second-order valence-corrected chi connectivity index (χ2v) is 7.41. The molecule has 0 bridgehead atoms. The molecule has 0 aliphatic heterocycles. The molecular weight excluding hydrogens is 300 g/mol. The fraction of sp³-hybridized carbons (Fsp3) is 0.625. The van der Waals surface area contributed by atoms with Crippen molar-refractivity contribution in [1.82, 2.24) is 5.32 Å². The maximum Gasteiger partial charge on any atom is 0.357 e. The molecule has 22 heavy (non-hydrogen) atoms. The molecule has 0 unspecified atom stereocenters. The number of hydrogen-bond donors (Lipinski definition) is 3. The quantitative estimate of drug-likeness (QED) is 0.671. The molecule has 3 N–H and O–H groups in total. The Balaban J connectivity index is 1.87. The van der Waals surface area contributed by atoms with Gasteiger partial charge in [0.25, 0.3) is 0 Å². The van der Waals surface area contributed by atoms with Gasteiger partial charge in [-0.1, -0.05) is 50.3 Å². The molecule has 1 aromatic carbocycles. The first-order valence-electron chi connectivity index (χ1n) is 8.00. The van der Waals surface area contributed by atoms with Crippen molar-refractivity contribution in [3.8, 4) is 0 Å². The Morgan fingerprint density at radius 1 is 1.23 bits per heavy atom. The zero-order chi connectivity index (χ0) is 16.0. The first-order valence-corrected chi connectivity index (χ1v) is 9.44. The van der Waals surface area contributed by atoms with Crippen molar-refractivity contribution in [2.45, 2.75) is 58.0 Å². The van der Waals surface area contributed by atoms with Crippen LogP contribution >= 0.6 is 0 Å². The molecule has 0 saturated heterocycles. The normalized spacial score (nSPS) is 18.1. The SMILES string of the molecule is C[C@@H](CC1CCCCC1)NCc1ccccc1NS(=O)(=O)O. The Labute approximate surface area is 133 Å². The predicted molar refractivity (Wildman–Crippen MR) is 89.1 cm³/mol. The lowest BCUT2D eigenvalue weighted by Crippen LogP contribution is -2.29. The van der Waals surface area contributed by atoms with Gasteiger partial charge in [0.05, 0.1) is 5.69 Å². The fourth-order valence-electron chi connectivity index (χ4n) is 3.20. The fourth-order valence-corrected chi connectivity index (χ4v) is 3.68. The van der Waals surface area contributed by atoms with Gasteiger partial charge in [-0.25, -0.2) is 0 Å². The van der Waals surface area contributed by atoms with Crippen LogP contribution in [0, 0.1) is 5.92 Å². The smallest absolute Gasteiger partial charge is 0.310 e. The first kappa shape index (κ1) is 17.2. The summed E-state index contributed by atoms with van der Waals surface area (Å²) in [5, 5.41) is 3.46. The van der Waals surface area contributed by atoms with Crippen LogP contribution in [0.5, 0.6) is 0 Å². The van der Waals surface area contributed by atoms with Crippen LogP contribution in [0.3, 0.4) is 0 Å². The van der Waals surface area contributed by atoms with Crippen LogP contribution in [0.15, 0.2) is 24.3 Å². The topological polar surface area (TPSA) is 78.4 Å². The van der Waals surface area contributed by atoms with Gasteiger partial charge in [0.1, 0.15) is 0 Å². The summed E-state index contributed by atoms with van der Waals surface area (Å²) >= 11 is 0. The third-order valence-electron chi connectivity index (χ3n) is 4.31. The van der Waals surface area contributed by atoms with E-state index >= 15 is 0 Å². The minimum atomic E-state index is -4.24. The van der Waals surface area contributed by atoms with Gasteiger partial charge >= 0.3 is 10.3 Å². The summed E-state index contributed by atoms with van der Waals surface area (Å²) in [5.41, 5.74) is 1.25. The van der Waals surface area contributed by atoms with E-state index in [-0.39, 0.29) is 0 Å². The molecule has 1 saturated carbocycles. The average Bonchev–Trinajstić information content (AvgIpc) is 2.46. The molecule has 2 rings (SSSR count). The van der Waals surface area contributed by atoms with Crippen molar-refractivity contribution in [2.75, 3.05) is 4.72 Å². The van der Waals surface area contributed by atoms with E-state index in [0.29, 0.717) is 18.3 Å². The van der Waals surface area contributed by atoms with Crippen molar-refractivity contribution in [2.24, 2.45) is 5.92 Å². The lowest BCUT2D eigenvalue weighted by atomic mass is 9.85. The molecule has 1 aliphatic carbocycles. The van der Waals surface area contributed by atoms with Gasteiger partial charge in [-0.15, -0.1) is 0 Å². The molecule has 0 amide bonds. The van der Waals surface area contributed by atoms with Crippen LogP contribution < -0.4 is 10.0 Å². The first-order chi connectivity index (χ1) is 10.4. The summed E-state index contributed by atoms with van der Waals surface area (Å²) in [6, 6.07) is 7.49. The van der Waals surface area contributed by atoms with Gasteiger partial charge in [0, 0.05) is 12.6 Å². The second kappa shape index (κ2) is 7.94. The van der Waals surface area contributed by atoms with Crippen molar-refractivity contribution in [1.29, 1.82) is 0 Å². The molecule has 0 heterocycles. The van der Waals surface area contributed by atoms with Gasteiger partial charge in [-0.3, -0.25) is 9.27 Å². The molecular formula is C16H26N2O3S. The molecule has 1 fully saturated rings. The largest absolute Gasteiger partial charge is 0.357 e. The molecule has 0 radical (unpaired) electrons. The summed E-state index contributed by atoms with van der Waals surface area (Å²) < 4.78 is 33.0. The molecule has 0 aromatic heterocycles. The van der Waals surface area contributed by atoms with Crippen molar-refractivity contribution in [3.63, 3.8) is 0 Å². The highest BCUT2D eigenvalue weighted by Gasteiger charge is 2.16. The van der Waals surface area contributed by atoms with Crippen LogP contribution in [0.4, 0.5) is 5.69 Å². The standard InChI is InChI=1S/C16H26N2O3S/c1-13(11-14-7-3-2-4-8-14)17-12-15-9-5-6-10-16(15)18-22(19,20)21/h5-6,9-10,13-14,17-18H,2-4,7-8,11-12H2,1H3,(H,19,20,21)/t13-/m0/s1. The highest BCUT2D eigenvalue weighted by molar-refractivity contribution is 7.87. The summed E-state index contributed by atoms with van der Waals surface area (Å²) in [7, 11) is -4.24. The zero-order valence-electron chi connectivity index (χ0n) is 13.1. The van der Waals surface area contributed by atoms with Crippen LogP contribution in [0.1, 0.15) is 51.0 Å². The number of nitrogens with one attached hydrogen (secondary N) is 2. The van der Waals surface area contributed by atoms with Crippen LogP contribution in [-0.4, -0.2) is 19.0 Å². The summed E-state index contributed by atoms with van der Waals surface area (Å²) in [5.74, 6) is 0.808. The van der Waals surface area contributed by atoms with E-state index < -0.39 is 10.3 Å². The Bertz CT molecular complexity index is 569. The summed E-state index contributed by atoms with van der Waals surface area (Å²) in [4.78, 5) is 0. The Morgan fingerprint density at radius 2 is 1.91 bits per heavy atom. The molecule has 6 heteroatoms. The summed E-state index contributed by atoms with van der Waals surface area (Å²) in [6.45, 7) is 2.75. The van der Waals surface area contributed by atoms with Crippen LogP contribution in [-0.2, 0) is 16.8 Å². The zero-order valence-corrected chi connectivity index (χ0v) is 13.9. The van der Waals surface area contributed by atoms with Gasteiger partial charge in [0.2, 0.25) is 0 Å². The van der Waals surface area contributed by atoms with Crippen molar-refractivity contribution < 1.29 is 13.0 Å². The molecule has 1 aliphatic rings. The third kappa shape index (κ3) is 5.94. The monoisotopic (exact) mass is 326 g/mol. The second-order valence-electron chi connectivity index (χ2n) is 6.26. The van der Waals surface area contributed by atoms with Crippen LogP contribution in [0.25, 0.3) is 0 Å². The number of anilines is 1. The van der Waals surface area contributed by atoms with Gasteiger partial charge in [-0.2, -0.15) is 8.42 Å². The summed E-state index contributed by atoms with van der Waals surface area (Å²) in [6.07, 6.45) is 7.87. The molecule has 1 aromatic rings. The third-order valence-corrected chi connectivity index (χ3v) is 4.79. The highest BCUT2D eigenvalue weighted by atomic mass is 32.2. The molecule has 5 nitrogen and oxygen atoms in total. The maximum atomic E-state index is 11.0. The van der Waals surface area contributed by atoms with E-state index in [1.54, 1.807) is 12.1 Å². The van der Waals surface area contributed by atoms with E-state index in [0.717, 1.165) is 17.9 Å². The van der Waals surface area contributed by atoms with Gasteiger partial charge in [0.15, 0.2) is 0 Å². The Kier molecular flexibility index (Phi) is 6.23. The average molecular weight is 326 g/mol. The van der Waals surface area contributed by atoms with E-state index in [9.17, 15) is 8.42 Å².